The molecular formula is C21H26N6O2. The number of piperazine rings is 1. The molecule has 0 radical (unpaired) electrons. The molecule has 3 aromatic rings. The quantitative estimate of drug-likeness (QED) is 0.658. The highest BCUT2D eigenvalue weighted by atomic mass is 16.5. The second kappa shape index (κ2) is 8.26. The van der Waals surface area contributed by atoms with Gasteiger partial charge < -0.3 is 9.64 Å². The number of para-hydroxylation sites is 1. The molecule has 2 aromatic heterocycles. The Balaban J connectivity index is 1.57. The van der Waals surface area contributed by atoms with Crippen LogP contribution < -0.4 is 0 Å². The molecule has 1 aromatic carbocycles. The summed E-state index contributed by atoms with van der Waals surface area (Å²) in [6, 6.07) is 10.1. The molecule has 1 atom stereocenters. The van der Waals surface area contributed by atoms with Gasteiger partial charge in [0.05, 0.1) is 23.5 Å². The van der Waals surface area contributed by atoms with Crippen molar-refractivity contribution in [2.45, 2.75) is 19.9 Å². The summed E-state index contributed by atoms with van der Waals surface area (Å²) < 4.78 is 6.89. The maximum atomic E-state index is 13.1. The Morgan fingerprint density at radius 1 is 1.24 bits per heavy atom. The topological polar surface area (TPSA) is 76.4 Å². The van der Waals surface area contributed by atoms with Gasteiger partial charge in [0, 0.05) is 50.9 Å². The van der Waals surface area contributed by atoms with Crippen molar-refractivity contribution in [3.05, 3.63) is 47.9 Å². The van der Waals surface area contributed by atoms with Gasteiger partial charge in [0.25, 0.3) is 5.91 Å². The Bertz CT molecular complexity index is 1010. The normalized spacial score (nSPS) is 17.8. The monoisotopic (exact) mass is 394 g/mol. The zero-order valence-corrected chi connectivity index (χ0v) is 17.1. The second-order valence-corrected chi connectivity index (χ2v) is 7.42. The highest BCUT2D eigenvalue weighted by Gasteiger charge is 2.30. The van der Waals surface area contributed by atoms with Crippen LogP contribution >= 0.6 is 0 Å². The molecule has 1 unspecified atom stereocenters. The van der Waals surface area contributed by atoms with Crippen LogP contribution in [0.4, 0.5) is 0 Å². The standard InChI is InChI=1S/C21H26N6O2/c1-15-14-26(11-10-25(15)12-13-29-3)21(28)19-16(2)27(24-23-19)18-8-4-6-17-7-5-9-22-20(17)18/h4-9,15H,10-14H2,1-3H3. The summed E-state index contributed by atoms with van der Waals surface area (Å²) >= 11 is 0. The summed E-state index contributed by atoms with van der Waals surface area (Å²) in [6.07, 6.45) is 1.76. The fourth-order valence-corrected chi connectivity index (χ4v) is 3.88. The van der Waals surface area contributed by atoms with Crippen molar-refractivity contribution >= 4 is 16.8 Å². The molecule has 152 valence electrons. The van der Waals surface area contributed by atoms with E-state index < -0.39 is 0 Å². The van der Waals surface area contributed by atoms with Crippen LogP contribution in [-0.4, -0.2) is 81.6 Å². The fourth-order valence-electron chi connectivity index (χ4n) is 3.88. The lowest BCUT2D eigenvalue weighted by molar-refractivity contribution is 0.0429. The van der Waals surface area contributed by atoms with Gasteiger partial charge in [-0.3, -0.25) is 14.7 Å². The SMILES string of the molecule is COCCN1CCN(C(=O)c2nnn(-c3cccc4cccnc34)c2C)CC1C. The predicted molar refractivity (Wildman–Crippen MR) is 110 cm³/mol. The van der Waals surface area contributed by atoms with E-state index in [0.717, 1.165) is 35.4 Å². The van der Waals surface area contributed by atoms with Gasteiger partial charge in [0.15, 0.2) is 5.69 Å². The van der Waals surface area contributed by atoms with Gasteiger partial charge in [0.1, 0.15) is 0 Å². The molecule has 1 fully saturated rings. The van der Waals surface area contributed by atoms with Crippen molar-refractivity contribution in [2.75, 3.05) is 39.9 Å². The Morgan fingerprint density at radius 2 is 2.07 bits per heavy atom. The van der Waals surface area contributed by atoms with Gasteiger partial charge in [-0.15, -0.1) is 5.10 Å². The number of fused-ring (bicyclic) bond motifs is 1. The lowest BCUT2D eigenvalue weighted by Crippen LogP contribution is -2.54. The number of aromatic nitrogens is 4. The van der Waals surface area contributed by atoms with E-state index in [4.69, 9.17) is 4.74 Å². The smallest absolute Gasteiger partial charge is 0.276 e. The third kappa shape index (κ3) is 3.73. The van der Waals surface area contributed by atoms with Gasteiger partial charge in [0.2, 0.25) is 0 Å². The number of carbonyl (C=O) groups excluding carboxylic acids is 1. The van der Waals surface area contributed by atoms with Crippen molar-refractivity contribution in [3.63, 3.8) is 0 Å². The van der Waals surface area contributed by atoms with E-state index >= 15 is 0 Å². The molecule has 0 N–H and O–H groups in total. The summed E-state index contributed by atoms with van der Waals surface area (Å²) in [4.78, 5) is 21.8. The Hall–Kier alpha value is -2.84. The molecule has 0 aliphatic carbocycles. The number of benzene rings is 1. The molecule has 29 heavy (non-hydrogen) atoms. The van der Waals surface area contributed by atoms with E-state index in [-0.39, 0.29) is 11.9 Å². The largest absolute Gasteiger partial charge is 0.383 e. The van der Waals surface area contributed by atoms with E-state index in [1.165, 1.54) is 0 Å². The fraction of sp³-hybridized carbons (Fsp3) is 0.429. The van der Waals surface area contributed by atoms with E-state index in [2.05, 4.69) is 27.1 Å². The zero-order chi connectivity index (χ0) is 20.4. The molecule has 0 bridgehead atoms. The number of nitrogens with zero attached hydrogens (tertiary/aromatic N) is 6. The maximum Gasteiger partial charge on any atom is 0.276 e. The van der Waals surface area contributed by atoms with E-state index in [1.54, 1.807) is 18.0 Å². The van der Waals surface area contributed by atoms with E-state index in [1.807, 2.05) is 42.2 Å². The second-order valence-electron chi connectivity index (χ2n) is 7.42. The highest BCUT2D eigenvalue weighted by Crippen LogP contribution is 2.22. The minimum atomic E-state index is -0.0693. The first kappa shape index (κ1) is 19.5. The number of pyridine rings is 1. The number of amides is 1. The molecule has 3 heterocycles. The minimum Gasteiger partial charge on any atom is -0.383 e. The summed E-state index contributed by atoms with van der Waals surface area (Å²) in [5, 5.41) is 9.53. The zero-order valence-electron chi connectivity index (χ0n) is 17.1. The van der Waals surface area contributed by atoms with E-state index in [9.17, 15) is 4.79 Å². The molecule has 0 saturated carbocycles. The number of carbonyl (C=O) groups is 1. The Kier molecular flexibility index (Phi) is 5.55. The van der Waals surface area contributed by atoms with E-state index in [0.29, 0.717) is 25.4 Å². The summed E-state index contributed by atoms with van der Waals surface area (Å²) in [6.45, 7) is 7.78. The van der Waals surface area contributed by atoms with Crippen LogP contribution in [0.5, 0.6) is 0 Å². The van der Waals surface area contributed by atoms with Gasteiger partial charge in [-0.2, -0.15) is 0 Å². The van der Waals surface area contributed by atoms with Gasteiger partial charge >= 0.3 is 0 Å². The molecule has 0 spiro atoms. The minimum absolute atomic E-state index is 0.0693. The van der Waals surface area contributed by atoms with Crippen LogP contribution in [0.1, 0.15) is 23.1 Å². The van der Waals surface area contributed by atoms with Gasteiger partial charge in [-0.05, 0) is 26.0 Å². The average Bonchev–Trinajstić information content (AvgIpc) is 3.13. The van der Waals surface area contributed by atoms with Crippen molar-refractivity contribution in [1.82, 2.24) is 29.8 Å². The van der Waals surface area contributed by atoms with Crippen molar-refractivity contribution in [1.29, 1.82) is 0 Å². The van der Waals surface area contributed by atoms with Gasteiger partial charge in [-0.1, -0.05) is 23.4 Å². The molecule has 8 heteroatoms. The summed E-state index contributed by atoms with van der Waals surface area (Å²) in [5.74, 6) is -0.0693. The van der Waals surface area contributed by atoms with Crippen LogP contribution in [0.3, 0.4) is 0 Å². The van der Waals surface area contributed by atoms with Crippen molar-refractivity contribution in [3.8, 4) is 5.69 Å². The Morgan fingerprint density at radius 3 is 2.86 bits per heavy atom. The maximum absolute atomic E-state index is 13.1. The molecule has 4 rings (SSSR count). The van der Waals surface area contributed by atoms with Gasteiger partial charge in [-0.25, -0.2) is 4.68 Å². The average molecular weight is 394 g/mol. The number of rotatable bonds is 5. The lowest BCUT2D eigenvalue weighted by atomic mass is 10.1. The number of hydrogen-bond donors (Lipinski definition) is 0. The predicted octanol–water partition coefficient (Wildman–Crippen LogP) is 1.92. The molecule has 1 amide bonds. The third-order valence-electron chi connectivity index (χ3n) is 5.57. The Labute approximate surface area is 170 Å². The first-order valence-corrected chi connectivity index (χ1v) is 9.89. The van der Waals surface area contributed by atoms with Crippen molar-refractivity contribution in [2.24, 2.45) is 0 Å². The molecule has 1 aliphatic rings. The van der Waals surface area contributed by atoms with Crippen LogP contribution in [0.15, 0.2) is 36.5 Å². The van der Waals surface area contributed by atoms with Crippen LogP contribution in [0.25, 0.3) is 16.6 Å². The summed E-state index contributed by atoms with van der Waals surface area (Å²) in [7, 11) is 1.71. The summed E-state index contributed by atoms with van der Waals surface area (Å²) in [5.41, 5.74) is 2.78. The molecular weight excluding hydrogens is 368 g/mol. The van der Waals surface area contributed by atoms with Crippen molar-refractivity contribution < 1.29 is 9.53 Å². The number of methoxy groups -OCH3 is 1. The number of hydrogen-bond acceptors (Lipinski definition) is 6. The molecule has 1 aliphatic heterocycles. The highest BCUT2D eigenvalue weighted by molar-refractivity contribution is 5.94. The first-order chi connectivity index (χ1) is 14.1. The number of ether oxygens (including phenoxy) is 1. The molecule has 1 saturated heterocycles. The van der Waals surface area contributed by atoms with Crippen LogP contribution in [0.2, 0.25) is 0 Å². The third-order valence-corrected chi connectivity index (χ3v) is 5.57. The van der Waals surface area contributed by atoms with Crippen LogP contribution in [0, 0.1) is 6.92 Å². The first-order valence-electron chi connectivity index (χ1n) is 9.89. The lowest BCUT2D eigenvalue weighted by Gasteiger charge is -2.39. The molecule has 8 nitrogen and oxygen atoms in total. The van der Waals surface area contributed by atoms with Crippen LogP contribution in [-0.2, 0) is 4.74 Å².